The van der Waals surface area contributed by atoms with Crippen LogP contribution in [0.25, 0.3) is 0 Å². The summed E-state index contributed by atoms with van der Waals surface area (Å²) in [6.07, 6.45) is 3.63. The third-order valence-electron chi connectivity index (χ3n) is 2.34. The van der Waals surface area contributed by atoms with Crippen LogP contribution in [0, 0.1) is 5.92 Å². The highest BCUT2D eigenvalue weighted by Crippen LogP contribution is 2.09. The molecule has 2 nitrogen and oxygen atoms in total. The van der Waals surface area contributed by atoms with Gasteiger partial charge in [-0.25, -0.2) is 4.98 Å². The Bertz CT molecular complexity index is 268. The minimum Gasteiger partial charge on any atom is -0.311 e. The lowest BCUT2D eigenvalue weighted by Gasteiger charge is -2.04. The molecule has 0 aliphatic heterocycles. The lowest BCUT2D eigenvalue weighted by molar-refractivity contribution is 0.526. The first-order valence-corrected chi connectivity index (χ1v) is 6.74. The van der Waals surface area contributed by atoms with E-state index >= 15 is 0 Å². The molecule has 0 aliphatic rings. The molecule has 1 aromatic heterocycles. The molecule has 0 radical (unpaired) electrons. The molecule has 1 aromatic rings. The number of hydrogen-bond acceptors (Lipinski definition) is 3. The Morgan fingerprint density at radius 3 is 2.87 bits per heavy atom. The van der Waals surface area contributed by atoms with Crippen molar-refractivity contribution in [2.75, 3.05) is 6.54 Å². The van der Waals surface area contributed by atoms with Crippen molar-refractivity contribution < 1.29 is 0 Å². The zero-order valence-corrected chi connectivity index (χ0v) is 10.9. The molecule has 0 saturated heterocycles. The zero-order valence-electron chi connectivity index (χ0n) is 10.0. The van der Waals surface area contributed by atoms with Crippen molar-refractivity contribution in [3.8, 4) is 0 Å². The fourth-order valence-electron chi connectivity index (χ4n) is 1.44. The van der Waals surface area contributed by atoms with E-state index in [4.69, 9.17) is 0 Å². The van der Waals surface area contributed by atoms with Gasteiger partial charge in [-0.15, -0.1) is 11.3 Å². The molecular formula is C12H22N2S. The van der Waals surface area contributed by atoms with E-state index in [-0.39, 0.29) is 0 Å². The summed E-state index contributed by atoms with van der Waals surface area (Å²) in [6.45, 7) is 8.73. The largest absolute Gasteiger partial charge is 0.311 e. The lowest BCUT2D eigenvalue weighted by Crippen LogP contribution is -2.15. The highest BCUT2D eigenvalue weighted by Gasteiger charge is 1.99. The second kappa shape index (κ2) is 6.96. The number of aryl methyl sites for hydroxylation is 1. The average molecular weight is 226 g/mol. The molecule has 1 N–H and O–H groups in total. The van der Waals surface area contributed by atoms with Crippen molar-refractivity contribution in [1.29, 1.82) is 0 Å². The van der Waals surface area contributed by atoms with Crippen LogP contribution in [0.2, 0.25) is 0 Å². The van der Waals surface area contributed by atoms with E-state index in [9.17, 15) is 0 Å². The molecule has 0 atom stereocenters. The van der Waals surface area contributed by atoms with Crippen LogP contribution in [0.4, 0.5) is 0 Å². The summed E-state index contributed by atoms with van der Waals surface area (Å²) in [7, 11) is 0. The van der Waals surface area contributed by atoms with Gasteiger partial charge in [0.2, 0.25) is 0 Å². The fraction of sp³-hybridized carbons (Fsp3) is 0.750. The van der Waals surface area contributed by atoms with Crippen LogP contribution in [0.5, 0.6) is 0 Å². The summed E-state index contributed by atoms with van der Waals surface area (Å²) in [5.74, 6) is 0.817. The van der Waals surface area contributed by atoms with E-state index < -0.39 is 0 Å². The molecule has 3 heteroatoms. The van der Waals surface area contributed by atoms with E-state index in [2.05, 4.69) is 36.5 Å². The monoisotopic (exact) mass is 226 g/mol. The Hall–Kier alpha value is -0.410. The van der Waals surface area contributed by atoms with Crippen LogP contribution in [0.15, 0.2) is 5.38 Å². The third kappa shape index (κ3) is 5.28. The van der Waals surface area contributed by atoms with Crippen molar-refractivity contribution in [1.82, 2.24) is 10.3 Å². The van der Waals surface area contributed by atoms with Gasteiger partial charge in [-0.05, 0) is 31.7 Å². The molecule has 1 rings (SSSR count). The predicted octanol–water partition coefficient (Wildman–Crippen LogP) is 3.23. The summed E-state index contributed by atoms with van der Waals surface area (Å²) in [5.41, 5.74) is 1.20. The Kier molecular flexibility index (Phi) is 5.88. The number of thiazole rings is 1. The maximum atomic E-state index is 4.52. The molecule has 0 fully saturated rings. The van der Waals surface area contributed by atoms with Crippen LogP contribution >= 0.6 is 11.3 Å². The molecule has 1 heterocycles. The van der Waals surface area contributed by atoms with E-state index in [0.29, 0.717) is 0 Å². The summed E-state index contributed by atoms with van der Waals surface area (Å²) >= 11 is 1.77. The standard InChI is InChI=1S/C12H22N2S/c1-4-12-14-11(9-15-12)8-13-7-5-6-10(2)3/h9-10,13H,4-8H2,1-3H3. The van der Waals surface area contributed by atoms with Crippen molar-refractivity contribution >= 4 is 11.3 Å². The number of hydrogen-bond donors (Lipinski definition) is 1. The van der Waals surface area contributed by atoms with E-state index in [1.165, 1.54) is 23.5 Å². The topological polar surface area (TPSA) is 24.9 Å². The number of aromatic nitrogens is 1. The first-order chi connectivity index (χ1) is 7.22. The second-order valence-electron chi connectivity index (χ2n) is 4.30. The summed E-state index contributed by atoms with van der Waals surface area (Å²) in [6, 6.07) is 0. The predicted molar refractivity (Wildman–Crippen MR) is 67.3 cm³/mol. The van der Waals surface area contributed by atoms with Crippen LogP contribution in [-0.2, 0) is 13.0 Å². The second-order valence-corrected chi connectivity index (χ2v) is 5.24. The maximum absolute atomic E-state index is 4.52. The van der Waals surface area contributed by atoms with Crippen molar-refractivity contribution in [2.24, 2.45) is 5.92 Å². The lowest BCUT2D eigenvalue weighted by atomic mass is 10.1. The smallest absolute Gasteiger partial charge is 0.0926 e. The molecule has 0 saturated carbocycles. The van der Waals surface area contributed by atoms with E-state index in [0.717, 1.165) is 25.4 Å². The molecule has 0 aliphatic carbocycles. The van der Waals surface area contributed by atoms with Gasteiger partial charge in [0.05, 0.1) is 10.7 Å². The number of nitrogens with one attached hydrogen (secondary N) is 1. The van der Waals surface area contributed by atoms with Crippen LogP contribution in [-0.4, -0.2) is 11.5 Å². The van der Waals surface area contributed by atoms with E-state index in [1.54, 1.807) is 11.3 Å². The minimum absolute atomic E-state index is 0.817. The van der Waals surface area contributed by atoms with E-state index in [1.807, 2.05) is 0 Å². The van der Waals surface area contributed by atoms with Crippen LogP contribution in [0.3, 0.4) is 0 Å². The SMILES string of the molecule is CCc1nc(CNCCCC(C)C)cs1. The molecule has 0 unspecified atom stereocenters. The van der Waals surface area contributed by atoms with Gasteiger partial charge in [-0.1, -0.05) is 20.8 Å². The zero-order chi connectivity index (χ0) is 11.1. The summed E-state index contributed by atoms with van der Waals surface area (Å²) < 4.78 is 0. The summed E-state index contributed by atoms with van der Waals surface area (Å²) in [5, 5.41) is 6.84. The normalized spacial score (nSPS) is 11.2. The Labute approximate surface area is 97.1 Å². The number of nitrogens with zero attached hydrogens (tertiary/aromatic N) is 1. The quantitative estimate of drug-likeness (QED) is 0.722. The van der Waals surface area contributed by atoms with Gasteiger partial charge in [0.1, 0.15) is 0 Å². The molecule has 86 valence electrons. The first-order valence-electron chi connectivity index (χ1n) is 5.86. The first kappa shape index (κ1) is 12.7. The van der Waals surface area contributed by atoms with Crippen molar-refractivity contribution in [3.63, 3.8) is 0 Å². The van der Waals surface area contributed by atoms with Gasteiger partial charge in [0.15, 0.2) is 0 Å². The molecule has 0 spiro atoms. The summed E-state index contributed by atoms with van der Waals surface area (Å²) in [4.78, 5) is 4.52. The third-order valence-corrected chi connectivity index (χ3v) is 3.38. The molecule has 0 aromatic carbocycles. The van der Waals surface area contributed by atoms with Crippen LogP contribution in [0.1, 0.15) is 44.3 Å². The van der Waals surface area contributed by atoms with Gasteiger partial charge in [0.25, 0.3) is 0 Å². The Morgan fingerprint density at radius 2 is 2.27 bits per heavy atom. The van der Waals surface area contributed by atoms with Crippen molar-refractivity contribution in [3.05, 3.63) is 16.1 Å². The highest BCUT2D eigenvalue weighted by molar-refractivity contribution is 7.09. The molecule has 15 heavy (non-hydrogen) atoms. The maximum Gasteiger partial charge on any atom is 0.0926 e. The fourth-order valence-corrected chi connectivity index (χ4v) is 2.19. The Morgan fingerprint density at radius 1 is 1.47 bits per heavy atom. The molecular weight excluding hydrogens is 204 g/mol. The minimum atomic E-state index is 0.817. The van der Waals surface area contributed by atoms with Crippen LogP contribution < -0.4 is 5.32 Å². The number of rotatable bonds is 7. The van der Waals surface area contributed by atoms with Gasteiger partial charge < -0.3 is 5.32 Å². The molecule has 0 amide bonds. The Balaban J connectivity index is 2.09. The van der Waals surface area contributed by atoms with Gasteiger partial charge in [0, 0.05) is 11.9 Å². The van der Waals surface area contributed by atoms with Gasteiger partial charge >= 0.3 is 0 Å². The molecule has 0 bridgehead atoms. The van der Waals surface area contributed by atoms with Gasteiger partial charge in [-0.3, -0.25) is 0 Å². The van der Waals surface area contributed by atoms with Gasteiger partial charge in [-0.2, -0.15) is 0 Å². The average Bonchev–Trinajstić information content (AvgIpc) is 2.65. The highest BCUT2D eigenvalue weighted by atomic mass is 32.1. The van der Waals surface area contributed by atoms with Crippen molar-refractivity contribution in [2.45, 2.75) is 46.6 Å².